The summed E-state index contributed by atoms with van der Waals surface area (Å²) in [5, 5.41) is 5.64. The van der Waals surface area contributed by atoms with Crippen molar-refractivity contribution in [2.24, 2.45) is 0 Å². The fourth-order valence-corrected chi connectivity index (χ4v) is 10.3. The molecule has 2 aliphatic rings. The van der Waals surface area contributed by atoms with E-state index in [-0.39, 0.29) is 37.7 Å². The number of unbranched alkanes of at least 4 members (excludes halogenated alkanes) is 28. The molecule has 2 amide bonds. The van der Waals surface area contributed by atoms with Crippen LogP contribution in [-0.4, -0.2) is 122 Å². The van der Waals surface area contributed by atoms with Crippen molar-refractivity contribution in [2.75, 3.05) is 13.1 Å². The molecule has 10 atom stereocenters. The Hall–Kier alpha value is -4.36. The van der Waals surface area contributed by atoms with E-state index in [4.69, 9.17) is 42.6 Å². The zero-order chi connectivity index (χ0) is 58.2. The smallest absolute Gasteiger partial charge is 0.303 e. The van der Waals surface area contributed by atoms with Crippen molar-refractivity contribution in [2.45, 2.75) is 322 Å². The summed E-state index contributed by atoms with van der Waals surface area (Å²) in [5.74, 6) is -5.75. The van der Waals surface area contributed by atoms with E-state index in [9.17, 15) is 38.4 Å². The first-order chi connectivity index (χ1) is 38.0. The van der Waals surface area contributed by atoms with Gasteiger partial charge in [0.25, 0.3) is 0 Å². The van der Waals surface area contributed by atoms with Crippen molar-refractivity contribution < 1.29 is 81.0 Å². The van der Waals surface area contributed by atoms with Gasteiger partial charge in [0.2, 0.25) is 24.4 Å². The Morgan fingerprint density at radius 1 is 0.304 bits per heavy atom. The van der Waals surface area contributed by atoms with E-state index in [1.807, 2.05) is 0 Å². The van der Waals surface area contributed by atoms with Gasteiger partial charge >= 0.3 is 35.8 Å². The Kier molecular flexibility index (Phi) is 38.8. The molecule has 2 rings (SSSR count). The maximum atomic E-state index is 13.3. The van der Waals surface area contributed by atoms with Gasteiger partial charge in [-0.2, -0.15) is 0 Å². The lowest BCUT2D eigenvalue weighted by molar-refractivity contribution is -0.373. The normalized spacial score (nSPS) is 22.7. The van der Waals surface area contributed by atoms with Crippen LogP contribution in [0.2, 0.25) is 0 Å². The summed E-state index contributed by atoms with van der Waals surface area (Å²) in [6.45, 7) is 10.5. The molecule has 19 nitrogen and oxygen atoms in total. The van der Waals surface area contributed by atoms with Crippen LogP contribution in [-0.2, 0) is 81.0 Å². The monoisotopic (exact) mass is 1120 g/mol. The van der Waals surface area contributed by atoms with Gasteiger partial charge in [0, 0.05) is 67.5 Å². The second kappa shape index (κ2) is 43.4. The van der Waals surface area contributed by atoms with Crippen LogP contribution in [0.5, 0.6) is 0 Å². The zero-order valence-corrected chi connectivity index (χ0v) is 49.8. The predicted octanol–water partition coefficient (Wildman–Crippen LogP) is 10.8. The highest BCUT2D eigenvalue weighted by Crippen LogP contribution is 2.35. The number of ether oxygens (including phenoxy) is 9. The highest BCUT2D eigenvalue weighted by atomic mass is 16.8. The summed E-state index contributed by atoms with van der Waals surface area (Å²) in [7, 11) is 0. The third kappa shape index (κ3) is 32.6. The highest BCUT2D eigenvalue weighted by molar-refractivity contribution is 5.76. The van der Waals surface area contributed by atoms with E-state index < -0.39 is 97.2 Å². The van der Waals surface area contributed by atoms with Crippen LogP contribution >= 0.6 is 0 Å². The maximum absolute atomic E-state index is 13.3. The van der Waals surface area contributed by atoms with Gasteiger partial charge in [0.1, 0.15) is 12.2 Å². The first kappa shape index (κ1) is 70.7. The molecule has 0 aromatic carbocycles. The average Bonchev–Trinajstić information content (AvgIpc) is 3.38. The number of hydrogen-bond acceptors (Lipinski definition) is 17. The van der Waals surface area contributed by atoms with Gasteiger partial charge in [-0.1, -0.05) is 194 Å². The lowest BCUT2D eigenvalue weighted by atomic mass is 9.96. The fourth-order valence-electron chi connectivity index (χ4n) is 10.3. The van der Waals surface area contributed by atoms with Gasteiger partial charge in [-0.05, 0) is 12.8 Å². The number of amides is 2. The van der Waals surface area contributed by atoms with Crippen molar-refractivity contribution in [1.82, 2.24) is 10.6 Å². The van der Waals surface area contributed by atoms with E-state index in [2.05, 4.69) is 24.5 Å². The highest BCUT2D eigenvalue weighted by Gasteiger charge is 2.57. The summed E-state index contributed by atoms with van der Waals surface area (Å²) >= 11 is 0. The molecule has 79 heavy (non-hydrogen) atoms. The summed E-state index contributed by atoms with van der Waals surface area (Å²) in [6, 6.07) is 0. The molecule has 0 unspecified atom stereocenters. The molecule has 0 radical (unpaired) electrons. The minimum atomic E-state index is -1.79. The molecule has 0 aromatic heterocycles. The summed E-state index contributed by atoms with van der Waals surface area (Å²) in [5.41, 5.74) is 0. The van der Waals surface area contributed by atoms with Crippen LogP contribution < -0.4 is 10.6 Å². The molecule has 2 aliphatic heterocycles. The Balaban J connectivity index is 2.20. The van der Waals surface area contributed by atoms with Gasteiger partial charge in [-0.25, -0.2) is 0 Å². The number of carbonyl (C=O) groups excluding carboxylic acids is 8. The zero-order valence-electron chi connectivity index (χ0n) is 49.8. The van der Waals surface area contributed by atoms with Gasteiger partial charge in [-0.3, -0.25) is 38.4 Å². The molecule has 19 heteroatoms. The van der Waals surface area contributed by atoms with Crippen LogP contribution in [0, 0.1) is 0 Å². The first-order valence-corrected chi connectivity index (χ1v) is 30.5. The average molecular weight is 1130 g/mol. The quantitative estimate of drug-likeness (QED) is 0.0327. The van der Waals surface area contributed by atoms with Crippen LogP contribution in [0.1, 0.15) is 261 Å². The van der Waals surface area contributed by atoms with Crippen molar-refractivity contribution in [3.63, 3.8) is 0 Å². The Labute approximate surface area is 473 Å². The number of hydrogen-bond donors (Lipinski definition) is 2. The van der Waals surface area contributed by atoms with Crippen LogP contribution in [0.4, 0.5) is 0 Å². The maximum Gasteiger partial charge on any atom is 0.303 e. The molecule has 456 valence electrons. The van der Waals surface area contributed by atoms with Crippen LogP contribution in [0.25, 0.3) is 0 Å². The molecule has 0 spiro atoms. The first-order valence-electron chi connectivity index (χ1n) is 30.5. The molecule has 0 aromatic rings. The topological polar surface area (TPSA) is 244 Å². The minimum Gasteiger partial charge on any atom is -0.456 e. The second-order valence-corrected chi connectivity index (χ2v) is 21.7. The Morgan fingerprint density at radius 2 is 0.519 bits per heavy atom. The Morgan fingerprint density at radius 3 is 0.759 bits per heavy atom. The third-order valence-corrected chi connectivity index (χ3v) is 14.3. The minimum absolute atomic E-state index is 0.199. The van der Waals surface area contributed by atoms with Crippen molar-refractivity contribution in [3.8, 4) is 0 Å². The number of rotatable bonds is 44. The molecular weight excluding hydrogens is 1020 g/mol. The second-order valence-electron chi connectivity index (χ2n) is 21.7. The SMILES string of the molecule is CCCCCCCCCCCCCCCCCC(=O)NC[C@H]1O[C@H](O[C@H]2O[C@H](CNC(=O)CCCCCCCCCCCCCCCCC)[C@@H](OC(C)=O)[C@H](OC(C)=O)[C@H]2OC(C)=O)[C@H](OC(C)=O)[C@@H](OC(C)=O)[C@@H]1OC(C)=O. The lowest BCUT2D eigenvalue weighted by Crippen LogP contribution is -2.67. The number of esters is 6. The number of carbonyl (C=O) groups is 8. The van der Waals surface area contributed by atoms with Gasteiger partial charge in [0.15, 0.2) is 36.6 Å². The van der Waals surface area contributed by atoms with E-state index in [1.165, 1.54) is 128 Å². The molecule has 0 saturated carbocycles. The molecule has 2 saturated heterocycles. The lowest BCUT2D eigenvalue weighted by Gasteiger charge is -2.48. The molecular formula is C60H104N2O17. The van der Waals surface area contributed by atoms with Gasteiger partial charge in [0.05, 0.1) is 0 Å². The molecule has 2 fully saturated rings. The van der Waals surface area contributed by atoms with E-state index in [1.54, 1.807) is 0 Å². The van der Waals surface area contributed by atoms with Crippen LogP contribution in [0.15, 0.2) is 0 Å². The van der Waals surface area contributed by atoms with Crippen LogP contribution in [0.3, 0.4) is 0 Å². The largest absolute Gasteiger partial charge is 0.456 e. The van der Waals surface area contributed by atoms with E-state index >= 15 is 0 Å². The summed E-state index contributed by atoms with van der Waals surface area (Å²) in [6.07, 6.45) is 20.1. The molecule has 0 aliphatic carbocycles. The van der Waals surface area contributed by atoms with Gasteiger partial charge < -0.3 is 53.3 Å². The summed E-state index contributed by atoms with van der Waals surface area (Å²) in [4.78, 5) is 103. The van der Waals surface area contributed by atoms with Crippen molar-refractivity contribution >= 4 is 47.6 Å². The van der Waals surface area contributed by atoms with Crippen molar-refractivity contribution in [3.05, 3.63) is 0 Å². The van der Waals surface area contributed by atoms with Crippen molar-refractivity contribution in [1.29, 1.82) is 0 Å². The Bertz CT molecular complexity index is 1630. The molecule has 2 N–H and O–H groups in total. The summed E-state index contributed by atoms with van der Waals surface area (Å²) < 4.78 is 53.1. The molecule has 0 bridgehead atoms. The van der Waals surface area contributed by atoms with Gasteiger partial charge in [-0.15, -0.1) is 0 Å². The molecule has 2 heterocycles. The third-order valence-electron chi connectivity index (χ3n) is 14.3. The predicted molar refractivity (Wildman–Crippen MR) is 297 cm³/mol. The van der Waals surface area contributed by atoms with E-state index in [0.717, 1.165) is 92.9 Å². The fraction of sp³-hybridized carbons (Fsp3) is 0.867. The van der Waals surface area contributed by atoms with E-state index in [0.29, 0.717) is 12.8 Å². The number of nitrogens with one attached hydrogen (secondary N) is 2. The standard InChI is InChI=1S/C60H104N2O17/c1-9-11-13-15-17-19-21-23-25-27-29-31-33-35-37-39-51(69)61-41-49-53(71-43(3)63)55(73-45(5)65)57(75-47(7)67)59(77-49)79-60-58(76-48(8)68)56(74-46(6)66)54(72-44(4)64)50(78-60)42-62-52(70)40-38-36-34-32-30-28-26-24-22-20-18-16-14-12-10-2/h49-50,53-60H,9-42H2,1-8H3,(H,61,69)(H,62,70)/t49-,50-,53-,54-,55+,56+,57-,58-,59-,60-/m1/s1.